The van der Waals surface area contributed by atoms with Crippen molar-refractivity contribution >= 4 is 17.5 Å². The third kappa shape index (κ3) is 4.97. The highest BCUT2D eigenvalue weighted by Crippen LogP contribution is 2.55. The largest absolute Gasteiger partial charge is 0.618 e. The number of aryl methyl sites for hydroxylation is 1. The molecule has 0 radical (unpaired) electrons. The lowest BCUT2D eigenvalue weighted by atomic mass is 9.93. The molecule has 5 rings (SSSR count). The number of halogens is 3. The van der Waals surface area contributed by atoms with E-state index in [1.807, 2.05) is 6.92 Å². The Kier molecular flexibility index (Phi) is 6.62. The maximum atomic E-state index is 13.6. The summed E-state index contributed by atoms with van der Waals surface area (Å²) in [6.07, 6.45) is 0.611. The lowest BCUT2D eigenvalue weighted by Gasteiger charge is -2.25. The molecule has 1 aromatic carbocycles. The van der Waals surface area contributed by atoms with E-state index in [0.717, 1.165) is 31.5 Å². The molecule has 200 valence electrons. The number of anilines is 1. The van der Waals surface area contributed by atoms with Gasteiger partial charge in [0.2, 0.25) is 5.91 Å². The van der Waals surface area contributed by atoms with Gasteiger partial charge in [0.1, 0.15) is 11.7 Å². The Bertz CT molecular complexity index is 1360. The molecule has 0 spiro atoms. The van der Waals surface area contributed by atoms with E-state index in [9.17, 15) is 28.0 Å². The standard InChI is InChI=1S/C27H28F3N5O3/c1-3-34-22(8-10-31-34)25(36)33-24(19-13-17-12-18(17)14-19)26(37)32-20-6-4-16(5-7-20)23-15(2)35(38)11-9-21(23)27(28,29)30/h4-11,17-19,24H,3,12-14H2,1-2H3,(H,32,37)(H,33,36)/t17?,18?,19?,24-/m0/s1. The number of hydrogen-bond donors (Lipinski definition) is 2. The zero-order valence-corrected chi connectivity index (χ0v) is 21.0. The number of fused-ring (bicyclic) bond motifs is 1. The second-order valence-electron chi connectivity index (χ2n) is 10.1. The highest BCUT2D eigenvalue weighted by atomic mass is 19.4. The Labute approximate surface area is 217 Å². The second kappa shape index (κ2) is 9.77. The second-order valence-corrected chi connectivity index (χ2v) is 10.1. The van der Waals surface area contributed by atoms with Crippen molar-refractivity contribution in [1.29, 1.82) is 0 Å². The Balaban J connectivity index is 1.36. The molecule has 2 aliphatic rings. The van der Waals surface area contributed by atoms with Crippen molar-refractivity contribution < 1.29 is 27.5 Å². The van der Waals surface area contributed by atoms with Crippen LogP contribution >= 0.6 is 0 Å². The molecule has 38 heavy (non-hydrogen) atoms. The first-order chi connectivity index (χ1) is 18.1. The third-order valence-corrected chi connectivity index (χ3v) is 7.65. The van der Waals surface area contributed by atoms with Crippen molar-refractivity contribution in [3.05, 3.63) is 71.0 Å². The molecule has 8 nitrogen and oxygen atoms in total. The molecule has 2 aliphatic carbocycles. The lowest BCUT2D eigenvalue weighted by Crippen LogP contribution is -2.48. The molecule has 2 saturated carbocycles. The van der Waals surface area contributed by atoms with Crippen LogP contribution in [-0.2, 0) is 17.5 Å². The Hall–Kier alpha value is -3.89. The van der Waals surface area contributed by atoms with E-state index in [1.165, 1.54) is 37.4 Å². The average Bonchev–Trinajstić information content (AvgIpc) is 3.26. The smallest absolute Gasteiger partial charge is 0.417 e. The first-order valence-corrected chi connectivity index (χ1v) is 12.6. The maximum absolute atomic E-state index is 13.6. The van der Waals surface area contributed by atoms with Gasteiger partial charge in [-0.1, -0.05) is 12.1 Å². The summed E-state index contributed by atoms with van der Waals surface area (Å²) in [5, 5.41) is 21.8. The number of pyridine rings is 1. The number of nitrogens with zero attached hydrogens (tertiary/aromatic N) is 3. The summed E-state index contributed by atoms with van der Waals surface area (Å²) in [7, 11) is 0. The van der Waals surface area contributed by atoms with Crippen LogP contribution in [0.1, 0.15) is 47.9 Å². The lowest BCUT2D eigenvalue weighted by molar-refractivity contribution is -0.611. The molecule has 2 fully saturated rings. The fourth-order valence-corrected chi connectivity index (χ4v) is 5.61. The average molecular weight is 528 g/mol. The molecule has 11 heteroatoms. The Morgan fingerprint density at radius 2 is 1.82 bits per heavy atom. The predicted molar refractivity (Wildman–Crippen MR) is 133 cm³/mol. The monoisotopic (exact) mass is 527 g/mol. The van der Waals surface area contributed by atoms with Crippen molar-refractivity contribution in [3.8, 4) is 11.1 Å². The molecular weight excluding hydrogens is 499 g/mol. The van der Waals surface area contributed by atoms with Crippen molar-refractivity contribution in [3.63, 3.8) is 0 Å². The predicted octanol–water partition coefficient (Wildman–Crippen LogP) is 4.31. The van der Waals surface area contributed by atoms with E-state index < -0.39 is 17.8 Å². The van der Waals surface area contributed by atoms with Gasteiger partial charge in [0.15, 0.2) is 11.9 Å². The van der Waals surface area contributed by atoms with Crippen LogP contribution in [0.2, 0.25) is 0 Å². The summed E-state index contributed by atoms with van der Waals surface area (Å²) in [5.41, 5.74) is -0.260. The topological polar surface area (TPSA) is 103 Å². The molecule has 0 aliphatic heterocycles. The van der Waals surface area contributed by atoms with Gasteiger partial charge in [-0.15, -0.1) is 0 Å². The van der Waals surface area contributed by atoms with Crippen LogP contribution in [0.25, 0.3) is 11.1 Å². The van der Waals surface area contributed by atoms with Crippen LogP contribution in [0.15, 0.2) is 48.8 Å². The van der Waals surface area contributed by atoms with Gasteiger partial charge in [0.05, 0.1) is 11.1 Å². The number of rotatable bonds is 7. The molecule has 3 aromatic rings. The highest BCUT2D eigenvalue weighted by molar-refractivity contribution is 6.00. The molecule has 3 atom stereocenters. The normalized spacial score (nSPS) is 21.0. The molecule has 2 aromatic heterocycles. The summed E-state index contributed by atoms with van der Waals surface area (Å²) >= 11 is 0. The van der Waals surface area contributed by atoms with Crippen LogP contribution in [0.4, 0.5) is 18.9 Å². The third-order valence-electron chi connectivity index (χ3n) is 7.65. The van der Waals surface area contributed by atoms with E-state index in [4.69, 9.17) is 0 Å². The first kappa shape index (κ1) is 25.7. The minimum atomic E-state index is -4.64. The molecule has 0 saturated heterocycles. The van der Waals surface area contributed by atoms with Crippen molar-refractivity contribution in [2.45, 2.75) is 51.9 Å². The van der Waals surface area contributed by atoms with E-state index >= 15 is 0 Å². The summed E-state index contributed by atoms with van der Waals surface area (Å²) < 4.78 is 42.8. The molecule has 0 bridgehead atoms. The van der Waals surface area contributed by atoms with Gasteiger partial charge in [0.25, 0.3) is 5.91 Å². The van der Waals surface area contributed by atoms with Gasteiger partial charge in [-0.05, 0) is 67.7 Å². The highest BCUT2D eigenvalue weighted by Gasteiger charge is 2.49. The maximum Gasteiger partial charge on any atom is 0.417 e. The number of amides is 2. The van der Waals surface area contributed by atoms with Crippen LogP contribution in [0.3, 0.4) is 0 Å². The van der Waals surface area contributed by atoms with Gasteiger partial charge in [-0.2, -0.15) is 23.0 Å². The van der Waals surface area contributed by atoms with Gasteiger partial charge >= 0.3 is 6.18 Å². The number of carbonyl (C=O) groups is 2. The van der Waals surface area contributed by atoms with Gasteiger partial charge < -0.3 is 15.8 Å². The number of carbonyl (C=O) groups excluding carboxylic acids is 2. The number of alkyl halides is 3. The van der Waals surface area contributed by atoms with Gasteiger partial charge in [-0.25, -0.2) is 0 Å². The van der Waals surface area contributed by atoms with Crippen LogP contribution in [0, 0.1) is 29.9 Å². The van der Waals surface area contributed by atoms with Gasteiger partial charge in [0, 0.05) is 31.4 Å². The Morgan fingerprint density at radius 3 is 2.45 bits per heavy atom. The fraction of sp³-hybridized carbons (Fsp3) is 0.407. The Morgan fingerprint density at radius 1 is 1.13 bits per heavy atom. The number of benzene rings is 1. The summed E-state index contributed by atoms with van der Waals surface area (Å²) in [6.45, 7) is 3.71. The van der Waals surface area contributed by atoms with Gasteiger partial charge in [-0.3, -0.25) is 14.3 Å². The van der Waals surface area contributed by atoms with Crippen LogP contribution in [-0.4, -0.2) is 27.6 Å². The van der Waals surface area contributed by atoms with E-state index in [2.05, 4.69) is 15.7 Å². The van der Waals surface area contributed by atoms with E-state index in [0.29, 0.717) is 34.5 Å². The van der Waals surface area contributed by atoms with E-state index in [-0.39, 0.29) is 34.6 Å². The quantitative estimate of drug-likeness (QED) is 0.353. The first-order valence-electron chi connectivity index (χ1n) is 12.6. The molecule has 2 N–H and O–H groups in total. The number of hydrogen-bond acceptors (Lipinski definition) is 4. The molecule has 2 unspecified atom stereocenters. The summed E-state index contributed by atoms with van der Waals surface area (Å²) in [4.78, 5) is 26.4. The minimum Gasteiger partial charge on any atom is -0.618 e. The zero-order chi connectivity index (χ0) is 27.2. The molecule has 2 heterocycles. The summed E-state index contributed by atoms with van der Waals surface area (Å²) in [5.74, 6) is 0.408. The SMILES string of the molecule is CCn1nccc1C(=O)N[C@H](C(=O)Nc1ccc(-c2c(C(F)(F)F)cc[n+]([O-])c2C)cc1)C1CC2CC2C1. The molecule has 2 amide bonds. The van der Waals surface area contributed by atoms with Crippen molar-refractivity contribution in [1.82, 2.24) is 15.1 Å². The molecular formula is C27H28F3N5O3. The summed E-state index contributed by atoms with van der Waals surface area (Å²) in [6, 6.07) is 7.46. The van der Waals surface area contributed by atoms with Crippen molar-refractivity contribution in [2.75, 3.05) is 5.32 Å². The van der Waals surface area contributed by atoms with E-state index in [1.54, 1.807) is 10.7 Å². The number of nitrogens with one attached hydrogen (secondary N) is 2. The van der Waals surface area contributed by atoms with Crippen molar-refractivity contribution in [2.24, 2.45) is 17.8 Å². The van der Waals surface area contributed by atoms with Crippen LogP contribution < -0.4 is 15.4 Å². The van der Waals surface area contributed by atoms with Crippen LogP contribution in [0.5, 0.6) is 0 Å². The number of aromatic nitrogens is 3. The fourth-order valence-electron chi connectivity index (χ4n) is 5.61. The zero-order valence-electron chi connectivity index (χ0n) is 21.0. The minimum absolute atomic E-state index is 0.00576.